The molecule has 172 valence electrons. The molecule has 0 aliphatic heterocycles. The van der Waals surface area contributed by atoms with Crippen molar-refractivity contribution in [2.45, 2.75) is 58.5 Å². The summed E-state index contributed by atoms with van der Waals surface area (Å²) in [5.41, 5.74) is 3.31. The number of aliphatic hydroxyl groups is 1. The van der Waals surface area contributed by atoms with Gasteiger partial charge in [0.05, 0.1) is 22.3 Å². The highest BCUT2D eigenvalue weighted by Crippen LogP contribution is 2.34. The third-order valence-electron chi connectivity index (χ3n) is 5.88. The van der Waals surface area contributed by atoms with E-state index >= 15 is 0 Å². The van der Waals surface area contributed by atoms with Crippen LogP contribution in [-0.2, 0) is 0 Å². The first kappa shape index (κ1) is 25.0. The number of fused-ring (bicyclic) bond motifs is 1. The van der Waals surface area contributed by atoms with Crippen molar-refractivity contribution in [3.05, 3.63) is 64.1 Å². The van der Waals surface area contributed by atoms with Gasteiger partial charge in [0.2, 0.25) is 0 Å². The maximum atomic E-state index is 11.4. The Hall–Kier alpha value is -1.65. The molecule has 1 N–H and O–H groups in total. The molecule has 5 heteroatoms. The van der Waals surface area contributed by atoms with Crippen molar-refractivity contribution < 1.29 is 5.11 Å². The minimum absolute atomic E-state index is 0.501. The quantitative estimate of drug-likeness (QED) is 0.271. The van der Waals surface area contributed by atoms with E-state index in [-0.39, 0.29) is 0 Å². The Labute approximate surface area is 202 Å². The van der Waals surface area contributed by atoms with Crippen LogP contribution in [0.4, 0.5) is 0 Å². The van der Waals surface area contributed by atoms with Crippen LogP contribution in [0.15, 0.2) is 48.5 Å². The van der Waals surface area contributed by atoms with Crippen LogP contribution in [0.5, 0.6) is 0 Å². The maximum Gasteiger partial charge on any atom is 0.0924 e. The fraction of sp³-hybridized carbons (Fsp3) is 0.444. The van der Waals surface area contributed by atoms with Crippen molar-refractivity contribution in [1.29, 1.82) is 0 Å². The SMILES string of the molecule is CCCCCN(CCCCC)CC(O)c1cc(-c2ccccc2)nc2c(Cl)cc(Cl)cc12. The molecule has 1 heterocycles. The van der Waals surface area contributed by atoms with E-state index in [0.29, 0.717) is 22.1 Å². The molecular weight excluding hydrogens is 439 g/mol. The molecule has 3 nitrogen and oxygen atoms in total. The first-order valence-electron chi connectivity index (χ1n) is 11.8. The van der Waals surface area contributed by atoms with Crippen molar-refractivity contribution in [1.82, 2.24) is 9.88 Å². The van der Waals surface area contributed by atoms with E-state index in [9.17, 15) is 5.11 Å². The summed E-state index contributed by atoms with van der Waals surface area (Å²) >= 11 is 12.9. The normalized spacial score (nSPS) is 12.6. The summed E-state index contributed by atoms with van der Waals surface area (Å²) in [6.45, 7) is 7.04. The number of hydrogen-bond acceptors (Lipinski definition) is 3. The van der Waals surface area contributed by atoms with Crippen LogP contribution >= 0.6 is 23.2 Å². The second-order valence-electron chi connectivity index (χ2n) is 8.48. The number of rotatable bonds is 12. The standard InChI is InChI=1S/C27H34Cl2N2O/c1-3-5-10-14-31(15-11-6-4-2)19-26(32)22-18-25(20-12-8-7-9-13-20)30-27-23(22)16-21(28)17-24(27)29/h7-9,12-13,16-18,26,32H,3-6,10-11,14-15,19H2,1-2H3. The second kappa shape index (κ2) is 12.6. The highest BCUT2D eigenvalue weighted by Gasteiger charge is 2.19. The number of halogens is 2. The predicted molar refractivity (Wildman–Crippen MR) is 138 cm³/mol. The first-order chi connectivity index (χ1) is 15.5. The minimum atomic E-state index is -0.652. The van der Waals surface area contributed by atoms with Gasteiger partial charge in [0, 0.05) is 22.5 Å². The highest BCUT2D eigenvalue weighted by molar-refractivity contribution is 6.38. The maximum absolute atomic E-state index is 11.4. The molecule has 0 amide bonds. The molecule has 2 aromatic carbocycles. The summed E-state index contributed by atoms with van der Waals surface area (Å²) in [5.74, 6) is 0. The summed E-state index contributed by atoms with van der Waals surface area (Å²) in [6, 6.07) is 15.6. The van der Waals surface area contributed by atoms with Crippen LogP contribution in [0, 0.1) is 0 Å². The zero-order valence-electron chi connectivity index (χ0n) is 19.2. The summed E-state index contributed by atoms with van der Waals surface area (Å²) in [4.78, 5) is 7.21. The van der Waals surface area contributed by atoms with Crippen LogP contribution in [0.3, 0.4) is 0 Å². The van der Waals surface area contributed by atoms with E-state index in [1.165, 1.54) is 25.7 Å². The number of unbranched alkanes of at least 4 members (excludes halogenated alkanes) is 4. The van der Waals surface area contributed by atoms with Gasteiger partial charge in [-0.25, -0.2) is 4.98 Å². The zero-order valence-corrected chi connectivity index (χ0v) is 20.7. The molecule has 1 atom stereocenters. The van der Waals surface area contributed by atoms with Gasteiger partial charge in [-0.2, -0.15) is 0 Å². The first-order valence-corrected chi connectivity index (χ1v) is 12.5. The van der Waals surface area contributed by atoms with E-state index in [4.69, 9.17) is 28.2 Å². The minimum Gasteiger partial charge on any atom is -0.387 e. The van der Waals surface area contributed by atoms with Gasteiger partial charge in [-0.15, -0.1) is 0 Å². The van der Waals surface area contributed by atoms with Crippen molar-refractivity contribution >= 4 is 34.1 Å². The van der Waals surface area contributed by atoms with Gasteiger partial charge in [-0.1, -0.05) is 93.1 Å². The molecule has 1 aromatic heterocycles. The molecule has 0 saturated carbocycles. The zero-order chi connectivity index (χ0) is 22.9. The topological polar surface area (TPSA) is 36.4 Å². The lowest BCUT2D eigenvalue weighted by Crippen LogP contribution is -2.31. The number of benzene rings is 2. The fourth-order valence-electron chi connectivity index (χ4n) is 4.12. The van der Waals surface area contributed by atoms with Gasteiger partial charge in [-0.3, -0.25) is 0 Å². The van der Waals surface area contributed by atoms with Gasteiger partial charge in [0.1, 0.15) is 0 Å². The Bertz CT molecular complexity index is 984. The molecule has 0 bridgehead atoms. The van der Waals surface area contributed by atoms with E-state index in [1.54, 1.807) is 6.07 Å². The van der Waals surface area contributed by atoms with E-state index < -0.39 is 6.10 Å². The molecule has 3 rings (SSSR count). The highest BCUT2D eigenvalue weighted by atomic mass is 35.5. The average molecular weight is 473 g/mol. The summed E-state index contributed by atoms with van der Waals surface area (Å²) < 4.78 is 0. The van der Waals surface area contributed by atoms with Crippen molar-refractivity contribution in [3.8, 4) is 11.3 Å². The third-order valence-corrected chi connectivity index (χ3v) is 6.39. The monoisotopic (exact) mass is 472 g/mol. The Morgan fingerprint density at radius 2 is 1.56 bits per heavy atom. The lowest BCUT2D eigenvalue weighted by Gasteiger charge is -2.26. The van der Waals surface area contributed by atoms with Crippen LogP contribution in [0.2, 0.25) is 10.0 Å². The smallest absolute Gasteiger partial charge is 0.0924 e. The third kappa shape index (κ3) is 6.68. The molecule has 0 aliphatic rings. The Kier molecular flexibility index (Phi) is 9.80. The molecular formula is C27H34Cl2N2O. The van der Waals surface area contributed by atoms with Crippen molar-refractivity contribution in [2.75, 3.05) is 19.6 Å². The molecule has 0 saturated heterocycles. The fourth-order valence-corrected chi connectivity index (χ4v) is 4.65. The van der Waals surface area contributed by atoms with Gasteiger partial charge in [0.25, 0.3) is 0 Å². The number of nitrogens with zero attached hydrogens (tertiary/aromatic N) is 2. The van der Waals surface area contributed by atoms with Crippen LogP contribution in [-0.4, -0.2) is 34.6 Å². The van der Waals surface area contributed by atoms with Gasteiger partial charge in [0.15, 0.2) is 0 Å². The van der Waals surface area contributed by atoms with Gasteiger partial charge < -0.3 is 10.0 Å². The molecule has 1 unspecified atom stereocenters. The van der Waals surface area contributed by atoms with Gasteiger partial charge >= 0.3 is 0 Å². The Morgan fingerprint density at radius 3 is 2.19 bits per heavy atom. The van der Waals surface area contributed by atoms with Crippen molar-refractivity contribution in [2.24, 2.45) is 0 Å². The summed E-state index contributed by atoms with van der Waals surface area (Å²) in [7, 11) is 0. The van der Waals surface area contributed by atoms with Crippen LogP contribution in [0.1, 0.15) is 64.0 Å². The molecule has 0 fully saturated rings. The average Bonchev–Trinajstić information content (AvgIpc) is 2.79. The lowest BCUT2D eigenvalue weighted by molar-refractivity contribution is 0.111. The molecule has 32 heavy (non-hydrogen) atoms. The second-order valence-corrected chi connectivity index (χ2v) is 9.32. The molecule has 0 spiro atoms. The number of aliphatic hydroxyl groups excluding tert-OH is 1. The number of pyridine rings is 1. The van der Waals surface area contributed by atoms with Gasteiger partial charge in [-0.05, 0) is 49.7 Å². The Balaban J connectivity index is 1.96. The molecule has 0 radical (unpaired) electrons. The molecule has 0 aliphatic carbocycles. The predicted octanol–water partition coefficient (Wildman–Crippen LogP) is 7.92. The number of aromatic nitrogens is 1. The molecule has 3 aromatic rings. The largest absolute Gasteiger partial charge is 0.387 e. The Morgan fingerprint density at radius 1 is 0.906 bits per heavy atom. The van der Waals surface area contributed by atoms with E-state index in [1.807, 2.05) is 42.5 Å². The van der Waals surface area contributed by atoms with Crippen molar-refractivity contribution in [3.63, 3.8) is 0 Å². The van der Waals surface area contributed by atoms with Crippen LogP contribution < -0.4 is 0 Å². The van der Waals surface area contributed by atoms with Crippen LogP contribution in [0.25, 0.3) is 22.2 Å². The summed E-state index contributed by atoms with van der Waals surface area (Å²) in [5, 5.41) is 13.3. The van der Waals surface area contributed by atoms with E-state index in [2.05, 4.69) is 18.7 Å². The number of hydrogen-bond donors (Lipinski definition) is 1. The van der Waals surface area contributed by atoms with E-state index in [0.717, 1.165) is 48.1 Å². The summed E-state index contributed by atoms with van der Waals surface area (Å²) in [6.07, 6.45) is 6.46. The lowest BCUT2D eigenvalue weighted by atomic mass is 9.99.